The van der Waals surface area contributed by atoms with E-state index in [0.717, 1.165) is 4.68 Å². The predicted octanol–water partition coefficient (Wildman–Crippen LogP) is -0.475. The van der Waals surface area contributed by atoms with E-state index in [1.807, 2.05) is 0 Å². The second-order valence-electron chi connectivity index (χ2n) is 10.4. The molecule has 3 aliphatic rings. The van der Waals surface area contributed by atoms with Crippen molar-refractivity contribution in [3.05, 3.63) is 28.6 Å². The smallest absolute Gasteiger partial charge is 0.325 e. The fourth-order valence-electron chi connectivity index (χ4n) is 5.40. The number of halogens is 1. The maximum Gasteiger partial charge on any atom is 0.325 e. The first-order valence-electron chi connectivity index (χ1n) is 13.1. The van der Waals surface area contributed by atoms with Gasteiger partial charge in [0.15, 0.2) is 28.9 Å². The molecule has 7 N–H and O–H groups in total. The summed E-state index contributed by atoms with van der Waals surface area (Å²) in [6.45, 7) is -10.3. The van der Waals surface area contributed by atoms with Crippen molar-refractivity contribution in [2.45, 2.75) is 49.1 Å². The Morgan fingerprint density at radius 3 is 2.71 bits per heavy atom. The minimum Gasteiger partial charge on any atom is -0.381 e. The lowest BCUT2D eigenvalue weighted by Crippen LogP contribution is -2.37. The fourth-order valence-corrected chi connectivity index (χ4v) is 8.34. The summed E-state index contributed by atoms with van der Waals surface area (Å²) in [4.78, 5) is 49.0. The van der Waals surface area contributed by atoms with Crippen molar-refractivity contribution >= 4 is 65.6 Å². The number of nitrogen functional groups attached to an aromatic ring is 2. The molecule has 4 aromatic heterocycles. The highest BCUT2D eigenvalue weighted by Gasteiger charge is 2.53. The third-order valence-electron chi connectivity index (χ3n) is 7.42. The van der Waals surface area contributed by atoms with Crippen LogP contribution in [0.15, 0.2) is 17.3 Å². The number of imidazole rings is 1. The Hall–Kier alpha value is -2.66. The zero-order valence-corrected chi connectivity index (χ0v) is 26.1. The first kappa shape index (κ1) is 31.0. The van der Waals surface area contributed by atoms with Gasteiger partial charge in [-0.15, -0.1) is 5.10 Å². The van der Waals surface area contributed by atoms with Crippen LogP contribution in [0.3, 0.4) is 0 Å². The van der Waals surface area contributed by atoms with Gasteiger partial charge in [0, 0.05) is 12.8 Å². The summed E-state index contributed by atoms with van der Waals surface area (Å²) in [6.07, 6.45) is -2.59. The molecule has 45 heavy (non-hydrogen) atoms. The molecule has 7 rings (SSSR count). The molecule has 2 unspecified atom stereocenters. The van der Waals surface area contributed by atoms with E-state index >= 15 is 0 Å². The molecular formula is C20H24FN11O9P2S2. The van der Waals surface area contributed by atoms with Crippen LogP contribution in [0.5, 0.6) is 0 Å². The highest BCUT2D eigenvalue weighted by molar-refractivity contribution is 8.07. The van der Waals surface area contributed by atoms with Gasteiger partial charge in [-0.3, -0.25) is 9.78 Å². The van der Waals surface area contributed by atoms with Crippen LogP contribution in [0.25, 0.3) is 16.8 Å². The number of aromatic nitrogens is 9. The van der Waals surface area contributed by atoms with Gasteiger partial charge in [-0.1, -0.05) is 5.21 Å². The average Bonchev–Trinajstić information content (AvgIpc) is 3.75. The van der Waals surface area contributed by atoms with Crippen molar-refractivity contribution in [1.29, 1.82) is 0 Å². The molecule has 0 aliphatic carbocycles. The lowest BCUT2D eigenvalue weighted by atomic mass is 10.0. The SMILES string of the molecule is Nc1nc2c(nnn2[C@@H]2O[C@]3(CF)COP(O)(=S)O[C@H]4C[C@H](c5cnc6c(N)ncnn56)O[C@@H]4COP(O)(=S)O[C@@H]2C3)c(=O)[nH]1. The molecule has 25 heteroatoms. The fraction of sp³-hybridized carbons (Fsp3) is 0.550. The molecule has 3 aliphatic heterocycles. The van der Waals surface area contributed by atoms with E-state index in [4.69, 9.17) is 62.6 Å². The minimum atomic E-state index is -4.12. The van der Waals surface area contributed by atoms with Crippen LogP contribution in [0.1, 0.15) is 30.9 Å². The molecule has 3 saturated heterocycles. The van der Waals surface area contributed by atoms with Crippen molar-refractivity contribution in [3.63, 3.8) is 0 Å². The molecule has 4 aromatic rings. The maximum absolute atomic E-state index is 14.8. The van der Waals surface area contributed by atoms with Crippen LogP contribution >= 0.6 is 13.4 Å². The number of alkyl halides is 1. The summed E-state index contributed by atoms with van der Waals surface area (Å²) in [5.41, 5.74) is 9.62. The second kappa shape index (κ2) is 11.2. The van der Waals surface area contributed by atoms with E-state index in [-0.39, 0.29) is 42.4 Å². The van der Waals surface area contributed by atoms with Crippen molar-refractivity contribution < 1.29 is 41.7 Å². The van der Waals surface area contributed by atoms with E-state index in [2.05, 4.69) is 35.3 Å². The number of ether oxygens (including phenoxy) is 2. The third-order valence-corrected chi connectivity index (χ3v) is 10.6. The molecular weight excluding hydrogens is 683 g/mol. The van der Waals surface area contributed by atoms with Gasteiger partial charge in [-0.2, -0.15) is 14.8 Å². The minimum absolute atomic E-state index is 0.109. The Morgan fingerprint density at radius 2 is 1.91 bits per heavy atom. The summed E-state index contributed by atoms with van der Waals surface area (Å²) >= 11 is 10.6. The molecule has 3 fully saturated rings. The third kappa shape index (κ3) is 5.77. The standard InChI is InChI=1S/C20H24FN11O9P2S2/c21-5-20-2-11(18(39-20)32-15-13(29-30-32)17(33)28-19(23)27-15)41-42(34,44)36-4-12-10(40-43(35,45)37-6-20)1-9(38-12)8-3-24-16-14(22)25-7-26-31(8)16/h3,7,9-12,18H,1-2,4-6H2,(H,34,44)(H,35,45)(H2,22,25,26)(H3,23,27,28,33)/t9-,10+,11-,12-,18-,20-,42?,43?/m1/s1. The summed E-state index contributed by atoms with van der Waals surface area (Å²) in [6, 6.07) is 0. The highest BCUT2D eigenvalue weighted by atomic mass is 32.5. The zero-order chi connectivity index (χ0) is 31.7. The number of rotatable bonds is 3. The van der Waals surface area contributed by atoms with Gasteiger partial charge in [-0.05, 0) is 23.6 Å². The van der Waals surface area contributed by atoms with Crippen molar-refractivity contribution in [3.8, 4) is 0 Å². The van der Waals surface area contributed by atoms with E-state index in [9.17, 15) is 19.0 Å². The quantitative estimate of drug-likeness (QED) is 0.168. The van der Waals surface area contributed by atoms with E-state index in [1.54, 1.807) is 0 Å². The first-order chi connectivity index (χ1) is 21.4. The van der Waals surface area contributed by atoms with E-state index in [1.165, 1.54) is 17.0 Å². The van der Waals surface area contributed by atoms with Gasteiger partial charge >= 0.3 is 13.4 Å². The molecule has 0 spiro atoms. The number of nitrogens with two attached hydrogens (primary N) is 2. The highest BCUT2D eigenvalue weighted by Crippen LogP contribution is 2.55. The van der Waals surface area contributed by atoms with E-state index in [0.29, 0.717) is 11.3 Å². The number of aromatic amines is 1. The van der Waals surface area contributed by atoms with Crippen LogP contribution < -0.4 is 17.0 Å². The first-order valence-corrected chi connectivity index (χ1v) is 18.3. The van der Waals surface area contributed by atoms with Crippen LogP contribution in [-0.2, 0) is 51.2 Å². The monoisotopic (exact) mass is 707 g/mol. The van der Waals surface area contributed by atoms with Crippen molar-refractivity contribution in [1.82, 2.24) is 44.5 Å². The summed E-state index contributed by atoms with van der Waals surface area (Å²) < 4.78 is 52.4. The van der Waals surface area contributed by atoms with Crippen LogP contribution in [0.2, 0.25) is 0 Å². The van der Waals surface area contributed by atoms with E-state index < -0.39 is 68.5 Å². The molecule has 0 radical (unpaired) electrons. The van der Waals surface area contributed by atoms with Crippen LogP contribution in [-0.4, -0.2) is 98.1 Å². The molecule has 0 amide bonds. The average molecular weight is 708 g/mol. The molecule has 242 valence electrons. The number of nitrogens with zero attached hydrogens (tertiary/aromatic N) is 8. The Morgan fingerprint density at radius 1 is 1.13 bits per heavy atom. The van der Waals surface area contributed by atoms with Gasteiger partial charge in [0.1, 0.15) is 36.9 Å². The number of anilines is 2. The van der Waals surface area contributed by atoms with Gasteiger partial charge in [-0.25, -0.2) is 18.9 Å². The topological polar surface area (TPSA) is 267 Å². The zero-order valence-electron chi connectivity index (χ0n) is 22.7. The summed E-state index contributed by atoms with van der Waals surface area (Å²) in [5.74, 6) is -0.0950. The molecule has 2 bridgehead atoms. The van der Waals surface area contributed by atoms with Crippen molar-refractivity contribution in [2.24, 2.45) is 0 Å². The number of hydrogen-bond donors (Lipinski definition) is 5. The summed E-state index contributed by atoms with van der Waals surface area (Å²) in [5, 5.41) is 11.9. The van der Waals surface area contributed by atoms with Gasteiger partial charge < -0.3 is 48.8 Å². The largest absolute Gasteiger partial charge is 0.381 e. The van der Waals surface area contributed by atoms with Gasteiger partial charge in [0.25, 0.3) is 5.56 Å². The van der Waals surface area contributed by atoms with Crippen LogP contribution in [0.4, 0.5) is 16.2 Å². The maximum atomic E-state index is 14.8. The number of H-pyrrole nitrogens is 1. The Balaban J connectivity index is 1.21. The normalized spacial score (nSPS) is 36.0. The number of fused-ring (bicyclic) bond motifs is 5. The molecule has 7 heterocycles. The molecule has 0 saturated carbocycles. The lowest BCUT2D eigenvalue weighted by Gasteiger charge is -2.29. The van der Waals surface area contributed by atoms with Gasteiger partial charge in [0.05, 0.1) is 31.2 Å². The predicted molar refractivity (Wildman–Crippen MR) is 156 cm³/mol. The Labute approximate surface area is 260 Å². The second-order valence-corrected chi connectivity index (χ2v) is 16.0. The van der Waals surface area contributed by atoms with Crippen LogP contribution in [0, 0.1) is 0 Å². The number of hydrogen-bond acceptors (Lipinski definition) is 17. The molecule has 8 atom stereocenters. The molecule has 0 aromatic carbocycles. The Kier molecular flexibility index (Phi) is 7.74. The van der Waals surface area contributed by atoms with Crippen molar-refractivity contribution in [2.75, 3.05) is 31.4 Å². The Bertz CT molecular complexity index is 1950. The number of nitrogens with one attached hydrogen (secondary N) is 1. The lowest BCUT2D eigenvalue weighted by molar-refractivity contribution is -0.119. The molecule has 20 nitrogen and oxygen atoms in total. The van der Waals surface area contributed by atoms with Gasteiger partial charge in [0.2, 0.25) is 5.95 Å². The summed E-state index contributed by atoms with van der Waals surface area (Å²) in [7, 11) is 0.